The number of hydrogen-bond donors (Lipinski definition) is 1. The van der Waals surface area contributed by atoms with E-state index in [0.717, 1.165) is 33.4 Å². The summed E-state index contributed by atoms with van der Waals surface area (Å²) in [5.41, 5.74) is 4.94. The van der Waals surface area contributed by atoms with E-state index in [1.54, 1.807) is 12.2 Å². The Hall–Kier alpha value is -2.94. The molecule has 0 aliphatic carbocycles. The van der Waals surface area contributed by atoms with Crippen molar-refractivity contribution in [1.82, 2.24) is 4.98 Å². The second-order valence-corrected chi connectivity index (χ2v) is 7.37. The summed E-state index contributed by atoms with van der Waals surface area (Å²) < 4.78 is 0. The van der Waals surface area contributed by atoms with Crippen LogP contribution in [0.5, 0.6) is 0 Å². The topological polar surface area (TPSA) is 42.0 Å². The Bertz CT molecular complexity index is 960. The van der Waals surface area contributed by atoms with Crippen LogP contribution in [0.3, 0.4) is 0 Å². The van der Waals surface area contributed by atoms with Crippen LogP contribution in [0.4, 0.5) is 5.69 Å². The number of rotatable bonds is 5. The molecule has 138 valence electrons. The van der Waals surface area contributed by atoms with E-state index in [1.807, 2.05) is 36.4 Å². The van der Waals surface area contributed by atoms with Crippen molar-refractivity contribution in [1.29, 1.82) is 0 Å². The molecule has 0 saturated carbocycles. The second-order valence-electron chi connectivity index (χ2n) is 7.37. The molecule has 1 amide bonds. The van der Waals surface area contributed by atoms with Crippen LogP contribution in [0, 0.1) is 0 Å². The molecule has 3 heteroatoms. The van der Waals surface area contributed by atoms with E-state index in [1.165, 1.54) is 0 Å². The first-order valence-corrected chi connectivity index (χ1v) is 9.43. The summed E-state index contributed by atoms with van der Waals surface area (Å²) in [6.45, 7) is 8.57. The van der Waals surface area contributed by atoms with Gasteiger partial charge in [-0.05, 0) is 41.2 Å². The summed E-state index contributed by atoms with van der Waals surface area (Å²) in [6, 6.07) is 18.1. The molecule has 0 bridgehead atoms. The first kappa shape index (κ1) is 18.8. The summed E-state index contributed by atoms with van der Waals surface area (Å²) in [5, 5.41) is 4.19. The Morgan fingerprint density at radius 2 is 1.56 bits per heavy atom. The van der Waals surface area contributed by atoms with Crippen molar-refractivity contribution in [3.8, 4) is 0 Å². The Morgan fingerprint density at radius 1 is 0.889 bits per heavy atom. The van der Waals surface area contributed by atoms with Gasteiger partial charge in [0.1, 0.15) is 0 Å². The Balaban J connectivity index is 1.83. The van der Waals surface area contributed by atoms with Gasteiger partial charge < -0.3 is 5.32 Å². The molecule has 1 heterocycles. The van der Waals surface area contributed by atoms with Crippen LogP contribution in [0.15, 0.2) is 60.7 Å². The molecule has 3 rings (SSSR count). The molecule has 3 aromatic rings. The number of carbonyl (C=O) groups excluding carboxylic acids is 1. The van der Waals surface area contributed by atoms with Crippen molar-refractivity contribution in [2.45, 2.75) is 39.5 Å². The van der Waals surface area contributed by atoms with E-state index in [-0.39, 0.29) is 5.91 Å². The number of benzene rings is 2. The SMILES string of the molecule is CC(C)c1cccc(C(C)C)c1NC(=O)/C=C/c1ccc2ccccc2n1. The molecule has 0 unspecified atom stereocenters. The molecule has 0 radical (unpaired) electrons. The van der Waals surface area contributed by atoms with E-state index in [9.17, 15) is 4.79 Å². The molecule has 1 aromatic heterocycles. The summed E-state index contributed by atoms with van der Waals surface area (Å²) in [6.07, 6.45) is 3.31. The minimum Gasteiger partial charge on any atom is -0.322 e. The molecule has 1 N–H and O–H groups in total. The molecular formula is C24H26N2O. The summed E-state index contributed by atoms with van der Waals surface area (Å²) in [7, 11) is 0. The molecule has 0 aliphatic rings. The van der Waals surface area contributed by atoms with Crippen LogP contribution < -0.4 is 5.32 Å². The Labute approximate surface area is 161 Å². The monoisotopic (exact) mass is 358 g/mol. The lowest BCUT2D eigenvalue weighted by Gasteiger charge is -2.19. The molecular weight excluding hydrogens is 332 g/mol. The summed E-state index contributed by atoms with van der Waals surface area (Å²) in [4.78, 5) is 17.2. The van der Waals surface area contributed by atoms with Gasteiger partial charge in [-0.1, -0.05) is 70.2 Å². The van der Waals surface area contributed by atoms with Crippen molar-refractivity contribution in [2.24, 2.45) is 0 Å². The highest BCUT2D eigenvalue weighted by Crippen LogP contribution is 2.32. The molecule has 0 fully saturated rings. The van der Waals surface area contributed by atoms with Gasteiger partial charge in [-0.25, -0.2) is 4.98 Å². The van der Waals surface area contributed by atoms with E-state index in [4.69, 9.17) is 0 Å². The van der Waals surface area contributed by atoms with Gasteiger partial charge in [0.15, 0.2) is 0 Å². The third-order valence-electron chi connectivity index (χ3n) is 4.65. The van der Waals surface area contributed by atoms with Crippen LogP contribution in [0.2, 0.25) is 0 Å². The number of amides is 1. The van der Waals surface area contributed by atoms with Crippen LogP contribution >= 0.6 is 0 Å². The van der Waals surface area contributed by atoms with E-state index in [2.05, 4.69) is 56.2 Å². The van der Waals surface area contributed by atoms with E-state index in [0.29, 0.717) is 11.8 Å². The maximum Gasteiger partial charge on any atom is 0.248 e. The van der Waals surface area contributed by atoms with Crippen molar-refractivity contribution in [3.05, 3.63) is 77.5 Å². The van der Waals surface area contributed by atoms with E-state index >= 15 is 0 Å². The molecule has 2 aromatic carbocycles. The lowest BCUT2D eigenvalue weighted by molar-refractivity contribution is -0.111. The fourth-order valence-electron chi connectivity index (χ4n) is 3.20. The highest BCUT2D eigenvalue weighted by molar-refractivity contribution is 6.03. The average molecular weight is 358 g/mol. The van der Waals surface area contributed by atoms with Crippen molar-refractivity contribution in [3.63, 3.8) is 0 Å². The van der Waals surface area contributed by atoms with Gasteiger partial charge in [0.25, 0.3) is 0 Å². The molecule has 0 atom stereocenters. The average Bonchev–Trinajstić information content (AvgIpc) is 2.66. The largest absolute Gasteiger partial charge is 0.322 e. The zero-order valence-corrected chi connectivity index (χ0v) is 16.4. The Kier molecular flexibility index (Phi) is 5.70. The van der Waals surface area contributed by atoms with Crippen LogP contribution in [-0.2, 0) is 4.79 Å². The molecule has 0 saturated heterocycles. The third-order valence-corrected chi connectivity index (χ3v) is 4.65. The maximum absolute atomic E-state index is 12.6. The standard InChI is InChI=1S/C24H26N2O/c1-16(2)20-9-7-10-21(17(3)4)24(20)26-23(27)15-14-19-13-12-18-8-5-6-11-22(18)25-19/h5-17H,1-4H3,(H,26,27)/b15-14+. The maximum atomic E-state index is 12.6. The third kappa shape index (κ3) is 4.43. The quantitative estimate of drug-likeness (QED) is 0.557. The van der Waals surface area contributed by atoms with Crippen LogP contribution in [0.1, 0.15) is 56.4 Å². The first-order chi connectivity index (χ1) is 13.0. The first-order valence-electron chi connectivity index (χ1n) is 9.43. The minimum absolute atomic E-state index is 0.139. The highest BCUT2D eigenvalue weighted by Gasteiger charge is 2.14. The van der Waals surface area contributed by atoms with Crippen molar-refractivity contribution in [2.75, 3.05) is 5.32 Å². The lowest BCUT2D eigenvalue weighted by Crippen LogP contribution is -2.13. The predicted molar refractivity (Wildman–Crippen MR) is 114 cm³/mol. The number of para-hydroxylation sites is 2. The lowest BCUT2D eigenvalue weighted by atomic mass is 9.92. The molecule has 0 aliphatic heterocycles. The number of aromatic nitrogens is 1. The molecule has 0 spiro atoms. The molecule has 3 nitrogen and oxygen atoms in total. The van der Waals surface area contributed by atoms with Gasteiger partial charge in [0.05, 0.1) is 11.2 Å². The smallest absolute Gasteiger partial charge is 0.248 e. The normalized spacial score (nSPS) is 11.6. The van der Waals surface area contributed by atoms with Crippen LogP contribution in [0.25, 0.3) is 17.0 Å². The number of anilines is 1. The second kappa shape index (κ2) is 8.17. The number of carbonyl (C=O) groups is 1. The van der Waals surface area contributed by atoms with Crippen LogP contribution in [-0.4, -0.2) is 10.9 Å². The van der Waals surface area contributed by atoms with Gasteiger partial charge >= 0.3 is 0 Å². The van der Waals surface area contributed by atoms with Crippen molar-refractivity contribution < 1.29 is 4.79 Å². The predicted octanol–water partition coefficient (Wildman–Crippen LogP) is 6.13. The van der Waals surface area contributed by atoms with Crippen molar-refractivity contribution >= 4 is 28.6 Å². The van der Waals surface area contributed by atoms with E-state index < -0.39 is 0 Å². The number of fused-ring (bicyclic) bond motifs is 1. The zero-order valence-electron chi connectivity index (χ0n) is 16.4. The van der Waals surface area contributed by atoms with Gasteiger partial charge in [-0.3, -0.25) is 4.79 Å². The number of nitrogens with zero attached hydrogens (tertiary/aromatic N) is 1. The zero-order chi connectivity index (χ0) is 19.4. The fourth-order valence-corrected chi connectivity index (χ4v) is 3.20. The number of pyridine rings is 1. The van der Waals surface area contributed by atoms with Gasteiger partial charge in [0, 0.05) is 17.1 Å². The van der Waals surface area contributed by atoms with Gasteiger partial charge in [-0.15, -0.1) is 0 Å². The summed E-state index contributed by atoms with van der Waals surface area (Å²) >= 11 is 0. The number of hydrogen-bond acceptors (Lipinski definition) is 2. The Morgan fingerprint density at radius 3 is 2.22 bits per heavy atom. The fraction of sp³-hybridized carbons (Fsp3) is 0.250. The van der Waals surface area contributed by atoms with Gasteiger partial charge in [0.2, 0.25) is 5.91 Å². The molecule has 27 heavy (non-hydrogen) atoms. The number of nitrogens with one attached hydrogen (secondary N) is 1. The van der Waals surface area contributed by atoms with Gasteiger partial charge in [-0.2, -0.15) is 0 Å². The minimum atomic E-state index is -0.139. The highest BCUT2D eigenvalue weighted by atomic mass is 16.1. The summed E-state index contributed by atoms with van der Waals surface area (Å²) in [5.74, 6) is 0.537.